The fourth-order valence-corrected chi connectivity index (χ4v) is 7.68. The molecule has 1 heterocycles. The van der Waals surface area contributed by atoms with E-state index in [4.69, 9.17) is 23.7 Å². The van der Waals surface area contributed by atoms with Crippen molar-refractivity contribution in [3.05, 3.63) is 112 Å². The van der Waals surface area contributed by atoms with Gasteiger partial charge in [0.2, 0.25) is 6.79 Å². The molecule has 7 rings (SSSR count). The van der Waals surface area contributed by atoms with Crippen LogP contribution in [0.15, 0.2) is 72.8 Å². The van der Waals surface area contributed by atoms with Crippen molar-refractivity contribution in [2.24, 2.45) is 5.92 Å². The van der Waals surface area contributed by atoms with Crippen molar-refractivity contribution in [2.45, 2.75) is 43.9 Å². The average Bonchev–Trinajstić information content (AvgIpc) is 3.82. The van der Waals surface area contributed by atoms with Crippen molar-refractivity contribution in [2.75, 3.05) is 27.1 Å². The number of carbonyl (C=O) groups excluding carboxylic acids is 1. The van der Waals surface area contributed by atoms with Gasteiger partial charge in [0.05, 0.1) is 19.1 Å². The zero-order valence-electron chi connectivity index (χ0n) is 27.2. The molecule has 3 aliphatic rings. The molecule has 9 nitrogen and oxygen atoms in total. The van der Waals surface area contributed by atoms with Crippen molar-refractivity contribution in [3.8, 4) is 28.7 Å². The van der Waals surface area contributed by atoms with E-state index in [2.05, 4.69) is 12.1 Å². The van der Waals surface area contributed by atoms with E-state index in [1.54, 1.807) is 18.2 Å². The van der Waals surface area contributed by atoms with Crippen molar-refractivity contribution in [3.63, 3.8) is 0 Å². The van der Waals surface area contributed by atoms with Crippen LogP contribution in [-0.2, 0) is 27.8 Å². The summed E-state index contributed by atoms with van der Waals surface area (Å²) in [4.78, 5) is 25.5. The van der Waals surface area contributed by atoms with Gasteiger partial charge in [-0.25, -0.2) is 4.79 Å². The second kappa shape index (κ2) is 13.7. The number of rotatable bonds is 11. The maximum absolute atomic E-state index is 13.9. The molecular weight excluding hydrogens is 623 g/mol. The van der Waals surface area contributed by atoms with Crippen molar-refractivity contribution in [1.29, 1.82) is 0 Å². The minimum atomic E-state index is -1.26. The smallest absolute Gasteiger partial charge is 0.550 e. The van der Waals surface area contributed by atoms with E-state index in [0.29, 0.717) is 40.7 Å². The minimum absolute atomic E-state index is 0. The quantitative estimate of drug-likeness (QED) is 0.241. The van der Waals surface area contributed by atoms with E-state index in [1.807, 2.05) is 49.4 Å². The molecule has 1 N–H and O–H groups in total. The van der Waals surface area contributed by atoms with Crippen LogP contribution in [-0.4, -0.2) is 44.2 Å². The fourth-order valence-electron chi connectivity index (χ4n) is 7.68. The molecular formula is C38H35NaO9. The molecule has 0 saturated heterocycles. The minimum Gasteiger partial charge on any atom is -0.550 e. The molecule has 1 aliphatic heterocycles. The summed E-state index contributed by atoms with van der Waals surface area (Å²) in [6, 6.07) is 22.7. The number of hydrogen-bond acceptors (Lipinski definition) is 8. The molecule has 242 valence electrons. The molecule has 4 aromatic rings. The number of aryl methyl sites for hydroxylation is 2. The normalized spacial score (nSPS) is 20.0. The monoisotopic (exact) mass is 658 g/mol. The second-order valence-corrected chi connectivity index (χ2v) is 12.2. The molecule has 4 aromatic carbocycles. The van der Waals surface area contributed by atoms with Gasteiger partial charge in [0.25, 0.3) is 0 Å². The first-order valence-electron chi connectivity index (χ1n) is 15.9. The van der Waals surface area contributed by atoms with Crippen LogP contribution in [0.1, 0.15) is 64.6 Å². The zero-order valence-corrected chi connectivity index (χ0v) is 29.2. The molecule has 48 heavy (non-hydrogen) atoms. The Morgan fingerprint density at radius 1 is 0.875 bits per heavy atom. The van der Waals surface area contributed by atoms with Gasteiger partial charge in [0.1, 0.15) is 17.2 Å². The average molecular weight is 659 g/mol. The van der Waals surface area contributed by atoms with Crippen LogP contribution in [0, 0.1) is 5.92 Å². The first-order chi connectivity index (χ1) is 22.8. The van der Waals surface area contributed by atoms with Gasteiger partial charge in [0.15, 0.2) is 18.1 Å². The van der Waals surface area contributed by atoms with Crippen LogP contribution in [0.5, 0.6) is 28.7 Å². The Labute approximate surface area is 301 Å². The Bertz CT molecular complexity index is 1810. The first kappa shape index (κ1) is 33.7. The van der Waals surface area contributed by atoms with Crippen LogP contribution in [0.4, 0.5) is 0 Å². The third kappa shape index (κ3) is 5.67. The number of benzene rings is 4. The Kier molecular flexibility index (Phi) is 9.65. The van der Waals surface area contributed by atoms with Crippen LogP contribution >= 0.6 is 0 Å². The van der Waals surface area contributed by atoms with E-state index >= 15 is 0 Å². The number of ether oxygens (including phenoxy) is 5. The summed E-state index contributed by atoms with van der Waals surface area (Å²) in [5, 5.41) is 23.4. The van der Waals surface area contributed by atoms with E-state index in [9.17, 15) is 19.8 Å². The summed E-state index contributed by atoms with van der Waals surface area (Å²) in [6.07, 6.45) is 3.71. The van der Waals surface area contributed by atoms with E-state index < -0.39 is 35.8 Å². The van der Waals surface area contributed by atoms with Crippen LogP contribution in [0.3, 0.4) is 0 Å². The van der Waals surface area contributed by atoms with E-state index in [1.165, 1.54) is 18.2 Å². The van der Waals surface area contributed by atoms with Crippen molar-refractivity contribution in [1.82, 2.24) is 0 Å². The third-order valence-corrected chi connectivity index (χ3v) is 9.60. The summed E-state index contributed by atoms with van der Waals surface area (Å²) in [5.41, 5.74) is 4.73. The Morgan fingerprint density at radius 3 is 2.40 bits per heavy atom. The predicted octanol–water partition coefficient (Wildman–Crippen LogP) is 2.01. The van der Waals surface area contributed by atoms with E-state index in [-0.39, 0.29) is 42.1 Å². The molecule has 0 saturated carbocycles. The second-order valence-electron chi connectivity index (χ2n) is 12.2. The van der Waals surface area contributed by atoms with Gasteiger partial charge in [-0.1, -0.05) is 43.3 Å². The third-order valence-electron chi connectivity index (χ3n) is 9.60. The van der Waals surface area contributed by atoms with Gasteiger partial charge in [-0.3, -0.25) is 0 Å². The zero-order chi connectivity index (χ0) is 32.7. The number of hydrogen-bond donors (Lipinski definition) is 1. The summed E-state index contributed by atoms with van der Waals surface area (Å²) < 4.78 is 28.8. The summed E-state index contributed by atoms with van der Waals surface area (Å²) in [6.45, 7) is 1.96. The van der Waals surface area contributed by atoms with Gasteiger partial charge in [0, 0.05) is 29.4 Å². The van der Waals surface area contributed by atoms with Crippen molar-refractivity contribution < 1.29 is 73.0 Å². The Balaban J connectivity index is 0.00000401. The van der Waals surface area contributed by atoms with E-state index in [0.717, 1.165) is 42.4 Å². The number of methoxy groups -OCH3 is 1. The SMILES string of the molecule is CCCOc1ccc2c(c1)C(c1ccc(OC)cc1OCC(=O)O)C(C(=O)[O-])C2(c1ccc2c(c1)CCC2)c1ccc2c(c1)OCO2.[Na+]. The van der Waals surface area contributed by atoms with Gasteiger partial charge < -0.3 is 38.7 Å². The molecule has 0 spiro atoms. The number of carbonyl (C=O) groups is 2. The summed E-state index contributed by atoms with van der Waals surface area (Å²) in [5.74, 6) is -2.08. The molecule has 0 radical (unpaired) electrons. The number of carboxylic acid groups (broad SMARTS) is 2. The van der Waals surface area contributed by atoms with Crippen LogP contribution in [0.2, 0.25) is 0 Å². The maximum Gasteiger partial charge on any atom is 1.00 e. The Hall–Kier alpha value is -4.18. The molecule has 0 amide bonds. The van der Waals surface area contributed by atoms with Gasteiger partial charge in [-0.15, -0.1) is 0 Å². The maximum atomic E-state index is 13.9. The molecule has 0 bridgehead atoms. The molecule has 0 aromatic heterocycles. The number of carboxylic acids is 2. The molecule has 0 fully saturated rings. The standard InChI is InChI=1S/C38H36O9.Na/c1-3-15-44-27-11-13-30-29(18-27)35(28-12-10-26(43-2)19-32(28)45-20-34(39)40)36(37(41)42)38(30,24-8-7-22-5-4-6-23(22)16-24)25-9-14-31-33(17-25)47-21-46-31;/h7-14,16-19,35-36H,3-6,15,20-21H2,1-2H3,(H,39,40)(H,41,42);/q;+1/p-1. The van der Waals surface area contributed by atoms with Crippen molar-refractivity contribution >= 4 is 11.9 Å². The van der Waals surface area contributed by atoms with Gasteiger partial charge in [-0.2, -0.15) is 0 Å². The summed E-state index contributed by atoms with van der Waals surface area (Å²) >= 11 is 0. The van der Waals surface area contributed by atoms with Gasteiger partial charge >= 0.3 is 35.5 Å². The first-order valence-corrected chi connectivity index (χ1v) is 15.9. The molecule has 3 unspecified atom stereocenters. The largest absolute Gasteiger partial charge is 1.00 e. The summed E-state index contributed by atoms with van der Waals surface area (Å²) in [7, 11) is 1.50. The molecule has 10 heteroatoms. The fraction of sp³-hybridized carbons (Fsp3) is 0.316. The van der Waals surface area contributed by atoms with Gasteiger partial charge in [-0.05, 0) is 89.4 Å². The Morgan fingerprint density at radius 2 is 1.62 bits per heavy atom. The predicted molar refractivity (Wildman–Crippen MR) is 170 cm³/mol. The number of aliphatic carboxylic acids is 2. The topological polar surface area (TPSA) is 124 Å². The van der Waals surface area contributed by atoms with Crippen LogP contribution < -0.4 is 58.3 Å². The number of fused-ring (bicyclic) bond motifs is 3. The molecule has 3 atom stereocenters. The van der Waals surface area contributed by atoms with Crippen LogP contribution in [0.25, 0.3) is 0 Å². The molecule has 2 aliphatic carbocycles.